The van der Waals surface area contributed by atoms with Crippen molar-refractivity contribution < 1.29 is 19.3 Å². The number of nitro groups is 1. The number of fused-ring (bicyclic) bond motifs is 1. The summed E-state index contributed by atoms with van der Waals surface area (Å²) in [6, 6.07) is 15.3. The van der Waals surface area contributed by atoms with Crippen LogP contribution in [0.2, 0.25) is 10.0 Å². The van der Waals surface area contributed by atoms with Crippen molar-refractivity contribution in [1.29, 1.82) is 0 Å². The van der Waals surface area contributed by atoms with Gasteiger partial charge < -0.3 is 5.32 Å². The van der Waals surface area contributed by atoms with Gasteiger partial charge in [-0.2, -0.15) is 0 Å². The Kier molecular flexibility index (Phi) is 6.13. The van der Waals surface area contributed by atoms with E-state index in [1.807, 2.05) is 0 Å². The van der Waals surface area contributed by atoms with Gasteiger partial charge in [0.25, 0.3) is 17.5 Å². The average Bonchev–Trinajstić information content (AvgIpc) is 3.06. The molecule has 0 unspecified atom stereocenters. The number of halogens is 2. The number of non-ortho nitro benzene ring substituents is 1. The third-order valence-corrected chi connectivity index (χ3v) is 6.04. The minimum Gasteiger partial charge on any atom is -0.323 e. The van der Waals surface area contributed by atoms with Crippen LogP contribution >= 0.6 is 23.2 Å². The molecule has 1 atom stereocenters. The Morgan fingerprint density at radius 2 is 1.55 bits per heavy atom. The molecule has 33 heavy (non-hydrogen) atoms. The highest BCUT2D eigenvalue weighted by Crippen LogP contribution is 2.31. The Balaban J connectivity index is 1.70. The average molecular weight is 484 g/mol. The number of hydrogen-bond donors (Lipinski definition) is 1. The number of benzene rings is 3. The topological polar surface area (TPSA) is 110 Å². The Morgan fingerprint density at radius 1 is 0.939 bits per heavy atom. The molecule has 10 heteroatoms. The van der Waals surface area contributed by atoms with E-state index in [1.165, 1.54) is 42.5 Å². The molecule has 166 valence electrons. The van der Waals surface area contributed by atoms with Gasteiger partial charge in [-0.3, -0.25) is 29.4 Å². The number of anilines is 1. The summed E-state index contributed by atoms with van der Waals surface area (Å²) in [5.74, 6) is -1.86. The van der Waals surface area contributed by atoms with E-state index in [0.29, 0.717) is 5.56 Å². The first kappa shape index (κ1) is 22.4. The van der Waals surface area contributed by atoms with E-state index in [1.54, 1.807) is 24.3 Å². The highest BCUT2D eigenvalue weighted by molar-refractivity contribution is 6.44. The molecule has 4 rings (SSSR count). The van der Waals surface area contributed by atoms with Crippen LogP contribution in [-0.2, 0) is 11.2 Å². The summed E-state index contributed by atoms with van der Waals surface area (Å²) in [6.07, 6.45) is -0.0620. The molecule has 0 radical (unpaired) electrons. The summed E-state index contributed by atoms with van der Waals surface area (Å²) in [5.41, 5.74) is 1.02. The highest BCUT2D eigenvalue weighted by Gasteiger charge is 2.42. The maximum absolute atomic E-state index is 13.3. The first-order valence-electron chi connectivity index (χ1n) is 9.73. The number of carbonyl (C=O) groups is 3. The van der Waals surface area contributed by atoms with Gasteiger partial charge >= 0.3 is 0 Å². The number of carbonyl (C=O) groups excluding carboxylic acids is 3. The smallest absolute Gasteiger partial charge is 0.269 e. The maximum Gasteiger partial charge on any atom is 0.269 e. The number of rotatable bonds is 6. The quantitative estimate of drug-likeness (QED) is 0.309. The summed E-state index contributed by atoms with van der Waals surface area (Å²) in [5, 5.41) is 13.9. The standard InChI is InChI=1S/C23H15Cl2N3O5/c24-17-6-3-7-18(20(17)25)26-21(29)19(12-13-8-10-14(11-9-13)28(32)33)27-22(30)15-4-1-2-5-16(15)23(27)31/h1-11,19H,12H2,(H,26,29)/t19-/m1/s1. The highest BCUT2D eigenvalue weighted by atomic mass is 35.5. The SMILES string of the molecule is O=C(Nc1cccc(Cl)c1Cl)[C@@H](Cc1ccc([N+](=O)[O-])cc1)N1C(=O)c2ccccc2C1=O. The number of amides is 3. The van der Waals surface area contributed by atoms with Crippen molar-refractivity contribution in [2.24, 2.45) is 0 Å². The second-order valence-corrected chi connectivity index (χ2v) is 8.05. The first-order chi connectivity index (χ1) is 15.8. The number of nitrogens with one attached hydrogen (secondary N) is 1. The van der Waals surface area contributed by atoms with Crippen molar-refractivity contribution in [2.75, 3.05) is 5.32 Å². The second-order valence-electron chi connectivity index (χ2n) is 7.26. The molecule has 0 fully saturated rings. The molecular formula is C23H15Cl2N3O5. The molecule has 0 saturated heterocycles. The lowest BCUT2D eigenvalue weighted by Gasteiger charge is -2.26. The molecule has 3 aromatic rings. The van der Waals surface area contributed by atoms with Crippen LogP contribution in [0, 0.1) is 10.1 Å². The molecule has 1 aliphatic heterocycles. The van der Waals surface area contributed by atoms with Crippen molar-refractivity contribution in [3.63, 3.8) is 0 Å². The third kappa shape index (κ3) is 4.30. The zero-order valence-corrected chi connectivity index (χ0v) is 18.3. The van der Waals surface area contributed by atoms with E-state index in [9.17, 15) is 24.5 Å². The fourth-order valence-electron chi connectivity index (χ4n) is 3.59. The molecule has 8 nitrogen and oxygen atoms in total. The summed E-state index contributed by atoms with van der Waals surface area (Å²) >= 11 is 12.2. The minimum absolute atomic E-state index is 0.0620. The van der Waals surface area contributed by atoms with Gasteiger partial charge in [-0.1, -0.05) is 53.5 Å². The predicted molar refractivity (Wildman–Crippen MR) is 123 cm³/mol. The van der Waals surface area contributed by atoms with E-state index in [4.69, 9.17) is 23.2 Å². The fourth-order valence-corrected chi connectivity index (χ4v) is 3.93. The molecular weight excluding hydrogens is 469 g/mol. The summed E-state index contributed by atoms with van der Waals surface area (Å²) in [6.45, 7) is 0. The van der Waals surface area contributed by atoms with Gasteiger partial charge in [0, 0.05) is 18.6 Å². The number of nitrogens with zero attached hydrogens (tertiary/aromatic N) is 2. The van der Waals surface area contributed by atoms with Crippen LogP contribution in [0.25, 0.3) is 0 Å². The lowest BCUT2D eigenvalue weighted by molar-refractivity contribution is -0.384. The Bertz CT molecular complexity index is 1260. The lowest BCUT2D eigenvalue weighted by Crippen LogP contribution is -2.48. The number of nitro benzene ring substituents is 1. The van der Waals surface area contributed by atoms with Gasteiger partial charge in [0.15, 0.2) is 0 Å². The molecule has 0 saturated carbocycles. The largest absolute Gasteiger partial charge is 0.323 e. The molecule has 1 N–H and O–H groups in total. The van der Waals surface area contributed by atoms with Crippen molar-refractivity contribution in [3.05, 3.63) is 104 Å². The van der Waals surface area contributed by atoms with Gasteiger partial charge in [0.1, 0.15) is 6.04 Å². The van der Waals surface area contributed by atoms with Crippen LogP contribution in [0.3, 0.4) is 0 Å². The van der Waals surface area contributed by atoms with E-state index >= 15 is 0 Å². The lowest BCUT2D eigenvalue weighted by atomic mass is 10.0. The van der Waals surface area contributed by atoms with Crippen LogP contribution in [0.15, 0.2) is 66.7 Å². The summed E-state index contributed by atoms with van der Waals surface area (Å²) in [7, 11) is 0. The summed E-state index contributed by atoms with van der Waals surface area (Å²) in [4.78, 5) is 50.7. The van der Waals surface area contributed by atoms with Gasteiger partial charge in [-0.15, -0.1) is 0 Å². The molecule has 0 aliphatic carbocycles. The van der Waals surface area contributed by atoms with Gasteiger partial charge in [-0.05, 0) is 29.8 Å². The van der Waals surface area contributed by atoms with Crippen molar-refractivity contribution in [3.8, 4) is 0 Å². The van der Waals surface area contributed by atoms with Crippen LogP contribution < -0.4 is 5.32 Å². The van der Waals surface area contributed by atoms with Crippen LogP contribution in [0.1, 0.15) is 26.3 Å². The summed E-state index contributed by atoms with van der Waals surface area (Å²) < 4.78 is 0. The van der Waals surface area contributed by atoms with E-state index in [-0.39, 0.29) is 39.0 Å². The van der Waals surface area contributed by atoms with E-state index < -0.39 is 28.7 Å². The van der Waals surface area contributed by atoms with Gasteiger partial charge in [0.2, 0.25) is 5.91 Å². The molecule has 0 aromatic heterocycles. The fraction of sp³-hybridized carbons (Fsp3) is 0.0870. The van der Waals surface area contributed by atoms with Crippen molar-refractivity contribution >= 4 is 52.3 Å². The maximum atomic E-state index is 13.3. The first-order valence-corrected chi connectivity index (χ1v) is 10.5. The van der Waals surface area contributed by atoms with Crippen LogP contribution in [-0.4, -0.2) is 33.6 Å². The van der Waals surface area contributed by atoms with Crippen LogP contribution in [0.4, 0.5) is 11.4 Å². The zero-order chi connectivity index (χ0) is 23.7. The van der Waals surface area contributed by atoms with E-state index in [0.717, 1.165) is 4.90 Å². The molecule has 1 heterocycles. The van der Waals surface area contributed by atoms with Crippen molar-refractivity contribution in [1.82, 2.24) is 4.90 Å². The number of imide groups is 1. The monoisotopic (exact) mass is 483 g/mol. The zero-order valence-electron chi connectivity index (χ0n) is 16.8. The number of hydrogen-bond acceptors (Lipinski definition) is 5. The molecule has 0 bridgehead atoms. The van der Waals surface area contributed by atoms with Crippen molar-refractivity contribution in [2.45, 2.75) is 12.5 Å². The predicted octanol–water partition coefficient (Wildman–Crippen LogP) is 4.75. The third-order valence-electron chi connectivity index (χ3n) is 5.23. The molecule has 3 aromatic carbocycles. The Hall–Kier alpha value is -3.75. The molecule has 0 spiro atoms. The Morgan fingerprint density at radius 3 is 2.12 bits per heavy atom. The van der Waals surface area contributed by atoms with Crippen LogP contribution in [0.5, 0.6) is 0 Å². The normalized spacial score (nSPS) is 13.6. The molecule has 3 amide bonds. The molecule has 1 aliphatic rings. The Labute approximate surface area is 197 Å². The second kappa shape index (κ2) is 9.01. The minimum atomic E-state index is -1.24. The van der Waals surface area contributed by atoms with Gasteiger partial charge in [0.05, 0.1) is 31.8 Å². The van der Waals surface area contributed by atoms with Gasteiger partial charge in [-0.25, -0.2) is 0 Å². The van der Waals surface area contributed by atoms with E-state index in [2.05, 4.69) is 5.32 Å².